The maximum Gasteiger partial charge on any atom is 0.269 e. The van der Waals surface area contributed by atoms with Gasteiger partial charge in [0.1, 0.15) is 10.7 Å². The summed E-state index contributed by atoms with van der Waals surface area (Å²) in [5.41, 5.74) is 0. The van der Waals surface area contributed by atoms with Gasteiger partial charge in [-0.05, 0) is 12.1 Å². The fourth-order valence-electron chi connectivity index (χ4n) is 2.43. The van der Waals surface area contributed by atoms with Crippen molar-refractivity contribution in [3.05, 3.63) is 30.5 Å². The van der Waals surface area contributed by atoms with Crippen LogP contribution in [0.4, 0.5) is 5.82 Å². The van der Waals surface area contributed by atoms with E-state index in [9.17, 15) is 8.42 Å². The summed E-state index contributed by atoms with van der Waals surface area (Å²) in [6, 6.07) is 6.47. The molecule has 1 aliphatic rings. The molecule has 1 aliphatic heterocycles. The monoisotopic (exact) mass is 309 g/mol. The average Bonchev–Trinajstić information content (AvgIpc) is 3.08. The van der Waals surface area contributed by atoms with Crippen molar-refractivity contribution in [2.75, 3.05) is 25.1 Å². The Kier molecular flexibility index (Phi) is 3.25. The first-order chi connectivity index (χ1) is 10.1. The zero-order chi connectivity index (χ0) is 15.0. The van der Waals surface area contributed by atoms with Crippen LogP contribution in [0.15, 0.2) is 35.4 Å². The lowest BCUT2D eigenvalue weighted by Crippen LogP contribution is -2.29. The van der Waals surface area contributed by atoms with Gasteiger partial charge in [0, 0.05) is 6.07 Å². The fourth-order valence-corrected chi connectivity index (χ4v) is 4.06. The summed E-state index contributed by atoms with van der Waals surface area (Å²) in [5, 5.41) is 4.09. The number of hydrogen-bond donors (Lipinski definition) is 0. The summed E-state index contributed by atoms with van der Waals surface area (Å²) >= 11 is 0. The van der Waals surface area contributed by atoms with Gasteiger partial charge in [-0.25, -0.2) is 17.4 Å². The van der Waals surface area contributed by atoms with Crippen LogP contribution in [0.25, 0.3) is 0 Å². The molecule has 2 aromatic rings. The quantitative estimate of drug-likeness (QED) is 0.846. The second-order valence-electron chi connectivity index (χ2n) is 4.48. The van der Waals surface area contributed by atoms with E-state index < -0.39 is 10.0 Å². The number of nitrogens with zero attached hydrogens (tertiary/aromatic N) is 3. The number of methoxy groups -OCH3 is 2. The molecule has 2 heterocycles. The molecule has 1 aromatic heterocycles. The van der Waals surface area contributed by atoms with Crippen LogP contribution in [0.5, 0.6) is 11.5 Å². The molecule has 0 atom stereocenters. The Balaban J connectivity index is 2.12. The molecule has 0 saturated heterocycles. The predicted molar refractivity (Wildman–Crippen MR) is 76.3 cm³/mol. The smallest absolute Gasteiger partial charge is 0.269 e. The predicted octanol–water partition coefficient (Wildman–Crippen LogP) is 1.11. The van der Waals surface area contributed by atoms with Crippen LogP contribution in [0.2, 0.25) is 0 Å². The van der Waals surface area contributed by atoms with Crippen LogP contribution < -0.4 is 13.8 Å². The van der Waals surface area contributed by atoms with Crippen molar-refractivity contribution in [3.8, 4) is 11.5 Å². The minimum atomic E-state index is -3.73. The molecule has 0 amide bonds. The summed E-state index contributed by atoms with van der Waals surface area (Å²) in [6.07, 6.45) is 1.58. The van der Waals surface area contributed by atoms with E-state index in [0.29, 0.717) is 24.7 Å². The third-order valence-electron chi connectivity index (χ3n) is 3.40. The van der Waals surface area contributed by atoms with Crippen molar-refractivity contribution in [2.24, 2.45) is 0 Å². The second-order valence-corrected chi connectivity index (χ2v) is 6.31. The molecule has 0 fully saturated rings. The van der Waals surface area contributed by atoms with Crippen molar-refractivity contribution < 1.29 is 17.9 Å². The molecule has 0 unspecified atom stereocenters. The molecule has 0 bridgehead atoms. The van der Waals surface area contributed by atoms with Gasteiger partial charge in [-0.1, -0.05) is 6.07 Å². The first-order valence-electron chi connectivity index (χ1n) is 6.35. The molecule has 0 radical (unpaired) electrons. The summed E-state index contributed by atoms with van der Waals surface area (Å²) in [6.45, 7) is 0.889. The Labute approximate surface area is 122 Å². The van der Waals surface area contributed by atoms with Gasteiger partial charge in [-0.3, -0.25) is 0 Å². The Morgan fingerprint density at radius 1 is 1.14 bits per heavy atom. The van der Waals surface area contributed by atoms with Gasteiger partial charge in [0.2, 0.25) is 0 Å². The average molecular weight is 309 g/mol. The van der Waals surface area contributed by atoms with Gasteiger partial charge in [0.15, 0.2) is 11.5 Å². The fraction of sp³-hybridized carbons (Fsp3) is 0.308. The molecule has 8 heteroatoms. The maximum absolute atomic E-state index is 12.9. The second kappa shape index (κ2) is 4.96. The van der Waals surface area contributed by atoms with E-state index in [4.69, 9.17) is 9.47 Å². The normalized spacial score (nSPS) is 14.1. The lowest BCUT2D eigenvalue weighted by atomic mass is 10.3. The van der Waals surface area contributed by atoms with Gasteiger partial charge >= 0.3 is 0 Å². The highest BCUT2D eigenvalue weighted by molar-refractivity contribution is 7.93. The first-order valence-corrected chi connectivity index (χ1v) is 7.79. The first kappa shape index (κ1) is 13.7. The largest absolute Gasteiger partial charge is 0.493 e. The van der Waals surface area contributed by atoms with Crippen molar-refractivity contribution in [2.45, 2.75) is 11.4 Å². The van der Waals surface area contributed by atoms with E-state index in [0.717, 1.165) is 0 Å². The number of hydrogen-bond acceptors (Lipinski definition) is 5. The van der Waals surface area contributed by atoms with Crippen LogP contribution in [0, 0.1) is 0 Å². The number of fused-ring (bicyclic) bond motifs is 1. The number of benzene rings is 1. The Bertz CT molecular complexity index is 769. The minimum absolute atomic E-state index is 0.0824. The highest BCUT2D eigenvalue weighted by Gasteiger charge is 2.34. The standard InChI is InChI=1S/C13H15N3O4S/c1-19-10-4-3-5-11(13(10)20-2)21(17,18)16-9-8-15-12(16)6-7-14-15/h3-7H,8-9H2,1-2H3. The summed E-state index contributed by atoms with van der Waals surface area (Å²) < 4.78 is 39.2. The molecular formula is C13H15N3O4S. The summed E-state index contributed by atoms with van der Waals surface area (Å²) in [5.74, 6) is 1.14. The number of rotatable bonds is 4. The molecule has 1 aromatic carbocycles. The van der Waals surface area contributed by atoms with Gasteiger partial charge in [-0.15, -0.1) is 0 Å². The van der Waals surface area contributed by atoms with Crippen LogP contribution >= 0.6 is 0 Å². The SMILES string of the molecule is COc1cccc(S(=O)(=O)N2CCn3nccc32)c1OC. The minimum Gasteiger partial charge on any atom is -0.493 e. The van der Waals surface area contributed by atoms with Gasteiger partial charge in [0.25, 0.3) is 10.0 Å². The number of ether oxygens (including phenoxy) is 2. The highest BCUT2D eigenvalue weighted by Crippen LogP contribution is 2.37. The molecule has 0 spiro atoms. The molecule has 21 heavy (non-hydrogen) atoms. The molecule has 112 valence electrons. The lowest BCUT2D eigenvalue weighted by molar-refractivity contribution is 0.347. The van der Waals surface area contributed by atoms with Crippen molar-refractivity contribution in [1.82, 2.24) is 9.78 Å². The van der Waals surface area contributed by atoms with Gasteiger partial charge in [0.05, 0.1) is 33.5 Å². The van der Waals surface area contributed by atoms with Crippen LogP contribution in [-0.4, -0.2) is 39.0 Å². The number of para-hydroxylation sites is 1. The van der Waals surface area contributed by atoms with Crippen molar-refractivity contribution in [3.63, 3.8) is 0 Å². The maximum atomic E-state index is 12.9. The lowest BCUT2D eigenvalue weighted by Gasteiger charge is -2.20. The van der Waals surface area contributed by atoms with E-state index in [-0.39, 0.29) is 10.6 Å². The van der Waals surface area contributed by atoms with Gasteiger partial charge < -0.3 is 9.47 Å². The molecule has 3 rings (SSSR count). The van der Waals surface area contributed by atoms with Crippen molar-refractivity contribution in [1.29, 1.82) is 0 Å². The highest BCUT2D eigenvalue weighted by atomic mass is 32.2. The van der Waals surface area contributed by atoms with E-state index in [2.05, 4.69) is 5.10 Å². The molecule has 0 aliphatic carbocycles. The molecule has 0 N–H and O–H groups in total. The third kappa shape index (κ3) is 2.02. The van der Waals surface area contributed by atoms with Gasteiger partial charge in [-0.2, -0.15) is 5.10 Å². The molecule has 7 nitrogen and oxygen atoms in total. The molecular weight excluding hydrogens is 294 g/mol. The zero-order valence-electron chi connectivity index (χ0n) is 11.7. The van der Waals surface area contributed by atoms with Crippen LogP contribution in [0.1, 0.15) is 0 Å². The summed E-state index contributed by atoms with van der Waals surface area (Å²) in [4.78, 5) is 0.0824. The Hall–Kier alpha value is -2.22. The number of aromatic nitrogens is 2. The Morgan fingerprint density at radius 3 is 2.67 bits per heavy atom. The third-order valence-corrected chi connectivity index (χ3v) is 5.23. The van der Waals surface area contributed by atoms with Crippen LogP contribution in [-0.2, 0) is 16.6 Å². The van der Waals surface area contributed by atoms with E-state index in [1.165, 1.54) is 24.6 Å². The zero-order valence-corrected chi connectivity index (χ0v) is 12.5. The number of sulfonamides is 1. The van der Waals surface area contributed by atoms with E-state index in [1.807, 2.05) is 0 Å². The summed E-state index contributed by atoms with van der Waals surface area (Å²) in [7, 11) is -0.837. The van der Waals surface area contributed by atoms with Crippen molar-refractivity contribution >= 4 is 15.8 Å². The van der Waals surface area contributed by atoms with E-state index in [1.54, 1.807) is 29.1 Å². The topological polar surface area (TPSA) is 73.7 Å². The van der Waals surface area contributed by atoms with E-state index >= 15 is 0 Å². The Morgan fingerprint density at radius 2 is 1.95 bits per heavy atom. The van der Waals surface area contributed by atoms with Crippen LogP contribution in [0.3, 0.4) is 0 Å². The number of anilines is 1. The molecule has 0 saturated carbocycles.